The summed E-state index contributed by atoms with van der Waals surface area (Å²) in [4.78, 5) is 0. The number of rotatable bonds is 1. The van der Waals surface area contributed by atoms with Crippen LogP contribution in [0.5, 0.6) is 0 Å². The molecule has 21 heavy (non-hydrogen) atoms. The van der Waals surface area contributed by atoms with E-state index < -0.39 is 0 Å². The Morgan fingerprint density at radius 3 is 2.29 bits per heavy atom. The lowest BCUT2D eigenvalue weighted by atomic mass is 9.93. The van der Waals surface area contributed by atoms with Crippen molar-refractivity contribution >= 4 is 34.0 Å². The van der Waals surface area contributed by atoms with Crippen molar-refractivity contribution in [2.24, 2.45) is 0 Å². The summed E-state index contributed by atoms with van der Waals surface area (Å²) in [5, 5.41) is 12.5. The third kappa shape index (κ3) is 2.51. The molecule has 3 aromatic carbocycles. The summed E-state index contributed by atoms with van der Waals surface area (Å²) in [6.45, 7) is 3.09. The van der Waals surface area contributed by atoms with Crippen molar-refractivity contribution in [3.05, 3.63) is 60.2 Å². The molecule has 3 aromatic rings. The third-order valence-electron chi connectivity index (χ3n) is 4.22. The summed E-state index contributed by atoms with van der Waals surface area (Å²) in [5.41, 5.74) is 1.41. The first-order valence-corrected chi connectivity index (χ1v) is 7.28. The maximum absolute atomic E-state index is 3.63. The lowest BCUT2D eigenvalue weighted by Crippen LogP contribution is -2.42. The second-order valence-corrected chi connectivity index (χ2v) is 5.44. The smallest absolute Gasteiger partial charge is 0.0453 e. The van der Waals surface area contributed by atoms with E-state index in [-0.39, 0.29) is 12.4 Å². The molecule has 1 atom stereocenters. The average molecular weight is 299 g/mol. The van der Waals surface area contributed by atoms with E-state index in [1.807, 2.05) is 0 Å². The Morgan fingerprint density at radius 1 is 0.810 bits per heavy atom. The Kier molecular flexibility index (Phi) is 4.11. The molecule has 0 radical (unpaired) electrons. The first kappa shape index (κ1) is 14.3. The number of hydrogen-bond donors (Lipinski definition) is 2. The zero-order valence-corrected chi connectivity index (χ0v) is 12.6. The summed E-state index contributed by atoms with van der Waals surface area (Å²) < 4.78 is 0. The van der Waals surface area contributed by atoms with Crippen LogP contribution in [-0.2, 0) is 0 Å². The normalized spacial score (nSPS) is 18.6. The Morgan fingerprint density at radius 2 is 1.52 bits per heavy atom. The van der Waals surface area contributed by atoms with Crippen molar-refractivity contribution in [1.29, 1.82) is 0 Å². The molecular weight excluding hydrogens is 280 g/mol. The van der Waals surface area contributed by atoms with Gasteiger partial charge < -0.3 is 10.6 Å². The Hall–Kier alpha value is -1.61. The summed E-state index contributed by atoms with van der Waals surface area (Å²) >= 11 is 0. The summed E-state index contributed by atoms with van der Waals surface area (Å²) in [6, 6.07) is 20.2. The number of halogens is 1. The van der Waals surface area contributed by atoms with Crippen LogP contribution >= 0.6 is 12.4 Å². The van der Waals surface area contributed by atoms with Crippen molar-refractivity contribution < 1.29 is 0 Å². The monoisotopic (exact) mass is 298 g/mol. The molecule has 0 saturated carbocycles. The molecule has 1 fully saturated rings. The lowest BCUT2D eigenvalue weighted by molar-refractivity contribution is 0.432. The van der Waals surface area contributed by atoms with Crippen LogP contribution in [0.25, 0.3) is 21.5 Å². The van der Waals surface area contributed by atoms with E-state index in [2.05, 4.69) is 65.2 Å². The van der Waals surface area contributed by atoms with Crippen LogP contribution in [0.15, 0.2) is 54.6 Å². The fourth-order valence-electron chi connectivity index (χ4n) is 3.24. The highest BCUT2D eigenvalue weighted by molar-refractivity contribution is 6.09. The van der Waals surface area contributed by atoms with Crippen LogP contribution in [0.4, 0.5) is 0 Å². The van der Waals surface area contributed by atoms with Crippen molar-refractivity contribution in [3.63, 3.8) is 0 Å². The SMILES string of the molecule is Cl.c1ccc2c(c1)cc([C@@H]1CNCCN1)c1ccccc12. The van der Waals surface area contributed by atoms with E-state index in [1.165, 1.54) is 27.1 Å². The fraction of sp³-hybridized carbons (Fsp3) is 0.222. The quantitative estimate of drug-likeness (QED) is 0.670. The molecule has 1 saturated heterocycles. The molecule has 4 rings (SSSR count). The highest BCUT2D eigenvalue weighted by Gasteiger charge is 2.17. The first-order chi connectivity index (χ1) is 9.93. The predicted molar refractivity (Wildman–Crippen MR) is 92.3 cm³/mol. The van der Waals surface area contributed by atoms with Crippen LogP contribution in [0.1, 0.15) is 11.6 Å². The van der Waals surface area contributed by atoms with Gasteiger partial charge in [0.15, 0.2) is 0 Å². The van der Waals surface area contributed by atoms with Gasteiger partial charge in [0.25, 0.3) is 0 Å². The molecule has 2 N–H and O–H groups in total. The highest BCUT2D eigenvalue weighted by Crippen LogP contribution is 2.32. The largest absolute Gasteiger partial charge is 0.314 e. The van der Waals surface area contributed by atoms with Gasteiger partial charge in [-0.3, -0.25) is 0 Å². The molecule has 0 unspecified atom stereocenters. The van der Waals surface area contributed by atoms with E-state index >= 15 is 0 Å². The van der Waals surface area contributed by atoms with Gasteiger partial charge >= 0.3 is 0 Å². The molecule has 108 valence electrons. The molecular formula is C18H19ClN2. The van der Waals surface area contributed by atoms with Gasteiger partial charge in [-0.05, 0) is 33.2 Å². The van der Waals surface area contributed by atoms with Gasteiger partial charge in [-0.25, -0.2) is 0 Å². The number of piperazine rings is 1. The molecule has 1 aliphatic rings. The minimum atomic E-state index is 0. The Bertz CT molecular complexity index is 763. The molecule has 0 bridgehead atoms. The van der Waals surface area contributed by atoms with Crippen LogP contribution in [0.2, 0.25) is 0 Å². The Balaban J connectivity index is 0.00000132. The van der Waals surface area contributed by atoms with Gasteiger partial charge in [-0.2, -0.15) is 0 Å². The van der Waals surface area contributed by atoms with Crippen LogP contribution in [0.3, 0.4) is 0 Å². The summed E-state index contributed by atoms with van der Waals surface area (Å²) in [7, 11) is 0. The van der Waals surface area contributed by atoms with E-state index in [0.29, 0.717) is 6.04 Å². The van der Waals surface area contributed by atoms with E-state index in [4.69, 9.17) is 0 Å². The second kappa shape index (κ2) is 6.02. The molecule has 1 heterocycles. The van der Waals surface area contributed by atoms with Crippen LogP contribution in [0, 0.1) is 0 Å². The molecule has 2 nitrogen and oxygen atoms in total. The maximum atomic E-state index is 3.63. The molecule has 1 aliphatic heterocycles. The van der Waals surface area contributed by atoms with Crippen LogP contribution in [-0.4, -0.2) is 19.6 Å². The van der Waals surface area contributed by atoms with Gasteiger partial charge in [0, 0.05) is 25.7 Å². The van der Waals surface area contributed by atoms with Crippen molar-refractivity contribution in [2.75, 3.05) is 19.6 Å². The summed E-state index contributed by atoms with van der Waals surface area (Å²) in [5.74, 6) is 0. The number of benzene rings is 3. The van der Waals surface area contributed by atoms with Crippen LogP contribution < -0.4 is 10.6 Å². The Labute approximate surface area is 131 Å². The van der Waals surface area contributed by atoms with Crippen molar-refractivity contribution in [2.45, 2.75) is 6.04 Å². The van der Waals surface area contributed by atoms with Gasteiger partial charge in [0.1, 0.15) is 0 Å². The first-order valence-electron chi connectivity index (χ1n) is 7.28. The standard InChI is InChI=1S/C18H18N2.ClH/c1-2-6-14-13(5-1)11-17(18-12-19-9-10-20-18)16-8-4-3-7-15(14)16;/h1-8,11,18-20H,9-10,12H2;1H/t18-;/m0./s1. The topological polar surface area (TPSA) is 24.1 Å². The van der Waals surface area contributed by atoms with Crippen molar-refractivity contribution in [1.82, 2.24) is 10.6 Å². The molecule has 0 amide bonds. The molecule has 0 aliphatic carbocycles. The fourth-order valence-corrected chi connectivity index (χ4v) is 3.24. The predicted octanol–water partition coefficient (Wildman–Crippen LogP) is 3.65. The highest BCUT2D eigenvalue weighted by atomic mass is 35.5. The third-order valence-corrected chi connectivity index (χ3v) is 4.22. The van der Waals surface area contributed by atoms with Gasteiger partial charge in [0.05, 0.1) is 0 Å². The number of fused-ring (bicyclic) bond motifs is 3. The summed E-state index contributed by atoms with van der Waals surface area (Å²) in [6.07, 6.45) is 0. The van der Waals surface area contributed by atoms with E-state index in [9.17, 15) is 0 Å². The zero-order valence-electron chi connectivity index (χ0n) is 11.8. The number of nitrogens with one attached hydrogen (secondary N) is 2. The van der Waals surface area contributed by atoms with E-state index in [0.717, 1.165) is 19.6 Å². The molecule has 0 aromatic heterocycles. The van der Waals surface area contributed by atoms with E-state index in [1.54, 1.807) is 0 Å². The zero-order chi connectivity index (χ0) is 13.4. The van der Waals surface area contributed by atoms with Gasteiger partial charge in [-0.1, -0.05) is 48.5 Å². The average Bonchev–Trinajstić information content (AvgIpc) is 2.55. The van der Waals surface area contributed by atoms with Gasteiger partial charge in [0.2, 0.25) is 0 Å². The van der Waals surface area contributed by atoms with Crippen molar-refractivity contribution in [3.8, 4) is 0 Å². The molecule has 3 heteroatoms. The van der Waals surface area contributed by atoms with Gasteiger partial charge in [-0.15, -0.1) is 12.4 Å². The maximum Gasteiger partial charge on any atom is 0.0453 e. The second-order valence-electron chi connectivity index (χ2n) is 5.44. The minimum Gasteiger partial charge on any atom is -0.314 e. The molecule has 0 spiro atoms. The minimum absolute atomic E-state index is 0. The number of hydrogen-bond acceptors (Lipinski definition) is 2. The lowest BCUT2D eigenvalue weighted by Gasteiger charge is -2.26.